The Bertz CT molecular complexity index is 1540. The Kier molecular flexibility index (Phi) is 7.67. The highest BCUT2D eigenvalue weighted by atomic mass is 35.5. The Morgan fingerprint density at radius 2 is 1.75 bits per heavy atom. The molecule has 1 aliphatic rings. The molecule has 4 aromatic rings. The normalized spacial score (nSPS) is 15.1. The van der Waals surface area contributed by atoms with E-state index in [-0.39, 0.29) is 11.5 Å². The summed E-state index contributed by atoms with van der Waals surface area (Å²) < 4.78 is 11.9. The van der Waals surface area contributed by atoms with Gasteiger partial charge in [0.1, 0.15) is 12.2 Å². The molecule has 1 amide bonds. The molecule has 0 saturated carbocycles. The highest BCUT2D eigenvalue weighted by Gasteiger charge is 2.39. The first-order valence-corrected chi connectivity index (χ1v) is 13.9. The second-order valence-electron chi connectivity index (χ2n) is 11.1. The number of nitrogens with zero attached hydrogens (tertiary/aromatic N) is 3. The van der Waals surface area contributed by atoms with E-state index in [9.17, 15) is 10.1 Å². The number of benzene rings is 3. The second kappa shape index (κ2) is 11.0. The topological polar surface area (TPSA) is 91.2 Å². The molecule has 206 valence electrons. The summed E-state index contributed by atoms with van der Waals surface area (Å²) in [5, 5.41) is 10.2. The number of amides is 1. The van der Waals surface area contributed by atoms with Crippen molar-refractivity contribution >= 4 is 40.3 Å². The monoisotopic (exact) mass is 576 g/mol. The number of rotatable bonds is 5. The van der Waals surface area contributed by atoms with Crippen LogP contribution in [-0.4, -0.2) is 46.3 Å². The number of fused-ring (bicyclic) bond motifs is 1. The van der Waals surface area contributed by atoms with E-state index in [0.717, 1.165) is 22.2 Å². The lowest BCUT2D eigenvalue weighted by Crippen LogP contribution is -2.49. The SMILES string of the molecule is CC(C)(C)OC(=O)N1CCC(COc2nc3cc(Cl)c(Cl)cc3[nH]2)(c2ccc(-c3cccc(C#N)c3)cc2)CC1. The molecule has 2 heterocycles. The minimum Gasteiger partial charge on any atom is -0.464 e. The molecule has 0 bridgehead atoms. The van der Waals surface area contributed by atoms with Gasteiger partial charge < -0.3 is 19.4 Å². The number of hydrogen-bond donors (Lipinski definition) is 1. The summed E-state index contributed by atoms with van der Waals surface area (Å²) in [6, 6.07) is 21.9. The molecule has 7 nitrogen and oxygen atoms in total. The Morgan fingerprint density at radius 1 is 1.05 bits per heavy atom. The maximum absolute atomic E-state index is 12.8. The van der Waals surface area contributed by atoms with E-state index < -0.39 is 5.60 Å². The van der Waals surface area contributed by atoms with Crippen LogP contribution < -0.4 is 4.74 Å². The zero-order valence-electron chi connectivity index (χ0n) is 22.6. The number of piperidine rings is 1. The lowest BCUT2D eigenvalue weighted by molar-refractivity contribution is 0.0130. The number of hydrogen-bond acceptors (Lipinski definition) is 5. The van der Waals surface area contributed by atoms with Crippen molar-refractivity contribution in [1.82, 2.24) is 14.9 Å². The van der Waals surface area contributed by atoms with Gasteiger partial charge in [0.15, 0.2) is 0 Å². The molecule has 40 heavy (non-hydrogen) atoms. The number of halogens is 2. The van der Waals surface area contributed by atoms with Crippen LogP contribution in [0.4, 0.5) is 4.79 Å². The lowest BCUT2D eigenvalue weighted by Gasteiger charge is -2.42. The van der Waals surface area contributed by atoms with Crippen molar-refractivity contribution in [1.29, 1.82) is 5.26 Å². The van der Waals surface area contributed by atoms with E-state index in [1.807, 2.05) is 39.0 Å². The molecule has 1 aromatic heterocycles. The van der Waals surface area contributed by atoms with Crippen molar-refractivity contribution in [3.8, 4) is 23.2 Å². The van der Waals surface area contributed by atoms with Crippen LogP contribution in [0, 0.1) is 11.3 Å². The van der Waals surface area contributed by atoms with Crippen molar-refractivity contribution in [2.24, 2.45) is 0 Å². The van der Waals surface area contributed by atoms with E-state index >= 15 is 0 Å². The van der Waals surface area contributed by atoms with Crippen LogP contribution in [0.25, 0.3) is 22.2 Å². The Morgan fingerprint density at radius 3 is 2.42 bits per heavy atom. The third kappa shape index (κ3) is 6.04. The number of likely N-dealkylation sites (tertiary alicyclic amines) is 1. The zero-order chi connectivity index (χ0) is 28.5. The summed E-state index contributed by atoms with van der Waals surface area (Å²) in [4.78, 5) is 22.2. The number of imidazole rings is 1. The van der Waals surface area contributed by atoms with Crippen LogP contribution in [0.3, 0.4) is 0 Å². The summed E-state index contributed by atoms with van der Waals surface area (Å²) in [6.07, 6.45) is 1.07. The summed E-state index contributed by atoms with van der Waals surface area (Å²) in [6.45, 7) is 7.04. The van der Waals surface area contributed by atoms with Crippen molar-refractivity contribution < 1.29 is 14.3 Å². The third-order valence-electron chi connectivity index (χ3n) is 7.18. The predicted octanol–water partition coefficient (Wildman–Crippen LogP) is 7.76. The highest BCUT2D eigenvalue weighted by molar-refractivity contribution is 6.42. The third-order valence-corrected chi connectivity index (χ3v) is 7.90. The number of aromatic nitrogens is 2. The number of carbonyl (C=O) groups is 1. The van der Waals surface area contributed by atoms with Gasteiger partial charge in [0.2, 0.25) is 0 Å². The number of aromatic amines is 1. The number of ether oxygens (including phenoxy) is 2. The molecule has 0 atom stereocenters. The number of H-pyrrole nitrogens is 1. The van der Waals surface area contributed by atoms with Crippen molar-refractivity contribution in [3.05, 3.63) is 81.8 Å². The first kappa shape index (κ1) is 27.8. The van der Waals surface area contributed by atoms with Gasteiger partial charge in [-0.2, -0.15) is 10.2 Å². The molecule has 0 radical (unpaired) electrons. The number of carbonyl (C=O) groups excluding carboxylic acids is 1. The van der Waals surface area contributed by atoms with Crippen molar-refractivity contribution in [2.75, 3.05) is 19.7 Å². The van der Waals surface area contributed by atoms with Gasteiger partial charge in [-0.25, -0.2) is 4.79 Å². The highest BCUT2D eigenvalue weighted by Crippen LogP contribution is 2.38. The van der Waals surface area contributed by atoms with E-state index in [0.29, 0.717) is 59.7 Å². The standard InChI is InChI=1S/C31H30Cl2N4O3/c1-30(2,3)40-29(38)37-13-11-31(12-14-37,19-39-28-35-26-16-24(32)25(33)17-27(26)36-28)23-9-7-21(8-10-23)22-6-4-5-20(15-22)18-34/h4-10,15-17H,11-14,19H2,1-3H3,(H,35,36). The smallest absolute Gasteiger partial charge is 0.410 e. The second-order valence-corrected chi connectivity index (χ2v) is 11.9. The van der Waals surface area contributed by atoms with E-state index in [1.165, 1.54) is 0 Å². The molecular formula is C31H30Cl2N4O3. The van der Waals surface area contributed by atoms with Crippen LogP contribution in [-0.2, 0) is 10.2 Å². The molecule has 1 N–H and O–H groups in total. The van der Waals surface area contributed by atoms with Gasteiger partial charge in [-0.3, -0.25) is 0 Å². The number of nitriles is 1. The van der Waals surface area contributed by atoms with Gasteiger partial charge in [-0.1, -0.05) is 59.6 Å². The van der Waals surface area contributed by atoms with Gasteiger partial charge in [0.25, 0.3) is 6.01 Å². The molecule has 0 aliphatic carbocycles. The maximum atomic E-state index is 12.8. The van der Waals surface area contributed by atoms with Gasteiger partial charge in [-0.05, 0) is 74.6 Å². The molecule has 3 aromatic carbocycles. The number of nitrogens with one attached hydrogen (secondary N) is 1. The van der Waals surface area contributed by atoms with Gasteiger partial charge in [0.05, 0.1) is 32.7 Å². The van der Waals surface area contributed by atoms with Crippen LogP contribution in [0.15, 0.2) is 60.7 Å². The van der Waals surface area contributed by atoms with Crippen LogP contribution in [0.2, 0.25) is 10.0 Å². The first-order valence-electron chi connectivity index (χ1n) is 13.1. The van der Waals surface area contributed by atoms with E-state index in [1.54, 1.807) is 23.1 Å². The van der Waals surface area contributed by atoms with Crippen molar-refractivity contribution in [2.45, 2.75) is 44.6 Å². The molecule has 1 aliphatic heterocycles. The average Bonchev–Trinajstić information content (AvgIpc) is 3.33. The fourth-order valence-corrected chi connectivity index (χ4v) is 5.32. The fourth-order valence-electron chi connectivity index (χ4n) is 5.00. The maximum Gasteiger partial charge on any atom is 0.410 e. The summed E-state index contributed by atoms with van der Waals surface area (Å²) in [7, 11) is 0. The van der Waals surface area contributed by atoms with Gasteiger partial charge in [0, 0.05) is 18.5 Å². The van der Waals surface area contributed by atoms with Gasteiger partial charge >= 0.3 is 6.09 Å². The molecule has 0 spiro atoms. The Labute approximate surface area is 243 Å². The average molecular weight is 578 g/mol. The molecule has 0 unspecified atom stereocenters. The lowest BCUT2D eigenvalue weighted by atomic mass is 9.73. The predicted molar refractivity (Wildman–Crippen MR) is 157 cm³/mol. The van der Waals surface area contributed by atoms with Crippen molar-refractivity contribution in [3.63, 3.8) is 0 Å². The molecule has 9 heteroatoms. The van der Waals surface area contributed by atoms with E-state index in [2.05, 4.69) is 40.3 Å². The molecule has 5 rings (SSSR count). The minimum absolute atomic E-state index is 0.305. The first-order chi connectivity index (χ1) is 19.0. The largest absolute Gasteiger partial charge is 0.464 e. The zero-order valence-corrected chi connectivity index (χ0v) is 24.1. The van der Waals surface area contributed by atoms with Crippen LogP contribution in [0.5, 0.6) is 6.01 Å². The Balaban J connectivity index is 1.40. The van der Waals surface area contributed by atoms with Crippen LogP contribution in [0.1, 0.15) is 44.7 Å². The molecule has 1 saturated heterocycles. The quantitative estimate of drug-likeness (QED) is 0.262. The summed E-state index contributed by atoms with van der Waals surface area (Å²) in [5.41, 5.74) is 4.22. The van der Waals surface area contributed by atoms with Crippen LogP contribution >= 0.6 is 23.2 Å². The van der Waals surface area contributed by atoms with E-state index in [4.69, 9.17) is 32.7 Å². The summed E-state index contributed by atoms with van der Waals surface area (Å²) >= 11 is 12.3. The van der Waals surface area contributed by atoms with Gasteiger partial charge in [-0.15, -0.1) is 0 Å². The fraction of sp³-hybridized carbons (Fsp3) is 0.323. The molecular weight excluding hydrogens is 547 g/mol. The molecule has 1 fully saturated rings. The summed E-state index contributed by atoms with van der Waals surface area (Å²) in [5.74, 6) is 0. The minimum atomic E-state index is -0.555. The Hall–Kier alpha value is -3.73.